The topological polar surface area (TPSA) is 80.3 Å². The Labute approximate surface area is 179 Å². The van der Waals surface area contributed by atoms with Gasteiger partial charge in [0.2, 0.25) is 5.88 Å². The molecule has 0 saturated heterocycles. The van der Waals surface area contributed by atoms with Crippen LogP contribution in [0.25, 0.3) is 0 Å². The Morgan fingerprint density at radius 2 is 1.71 bits per heavy atom. The minimum absolute atomic E-state index is 0.0249. The number of pyridine rings is 1. The lowest BCUT2D eigenvalue weighted by molar-refractivity contribution is 0.0967. The van der Waals surface area contributed by atoms with E-state index in [0.717, 1.165) is 4.47 Å². The van der Waals surface area contributed by atoms with Crippen molar-refractivity contribution in [3.05, 3.63) is 80.9 Å². The maximum absolute atomic E-state index is 12.2. The van der Waals surface area contributed by atoms with Gasteiger partial charge in [-0.15, -0.1) is 0 Å². The van der Waals surface area contributed by atoms with E-state index >= 15 is 0 Å². The van der Waals surface area contributed by atoms with E-state index in [9.17, 15) is 9.59 Å². The smallest absolute Gasteiger partial charge is 0.326 e. The molecule has 3 rings (SSSR count). The van der Waals surface area contributed by atoms with E-state index < -0.39 is 11.9 Å². The Balaban J connectivity index is 1.60. The van der Waals surface area contributed by atoms with Crippen LogP contribution in [0.15, 0.2) is 65.3 Å². The van der Waals surface area contributed by atoms with E-state index in [1.807, 2.05) is 12.1 Å². The van der Waals surface area contributed by atoms with Gasteiger partial charge in [0.1, 0.15) is 5.75 Å². The number of hydrogen-bond donors (Lipinski definition) is 2. The molecule has 3 aromatic rings. The number of imide groups is 1. The molecular formula is C19H12BrCl2N3O3. The fourth-order valence-corrected chi connectivity index (χ4v) is 3.16. The zero-order chi connectivity index (χ0) is 20.1. The van der Waals surface area contributed by atoms with Crippen molar-refractivity contribution >= 4 is 56.8 Å². The number of carbonyl (C=O) groups excluding carboxylic acids is 2. The molecule has 0 saturated carbocycles. The monoisotopic (exact) mass is 479 g/mol. The van der Waals surface area contributed by atoms with E-state index in [4.69, 9.17) is 27.9 Å². The molecule has 3 amide bonds. The normalized spacial score (nSPS) is 10.2. The molecule has 0 aliphatic carbocycles. The maximum Gasteiger partial charge on any atom is 0.326 e. The molecule has 0 radical (unpaired) electrons. The van der Waals surface area contributed by atoms with Crippen LogP contribution in [-0.2, 0) is 0 Å². The van der Waals surface area contributed by atoms with Crippen molar-refractivity contribution in [3.8, 4) is 11.6 Å². The standard InChI is InChI=1S/C19H12BrCl2N3O3/c20-11-3-1-4-13(9-11)28-16-8-7-12(10-23-16)24-19(27)25-18(26)17-14(21)5-2-6-15(17)22/h1-10H,(H2,24,25,26,27). The molecule has 0 unspecified atom stereocenters. The van der Waals surface area contributed by atoms with Gasteiger partial charge in [0.15, 0.2) is 0 Å². The van der Waals surface area contributed by atoms with Crippen LogP contribution in [0, 0.1) is 0 Å². The third kappa shape index (κ3) is 5.22. The van der Waals surface area contributed by atoms with Gasteiger partial charge in [-0.1, -0.05) is 51.3 Å². The van der Waals surface area contributed by atoms with Crippen molar-refractivity contribution in [3.63, 3.8) is 0 Å². The predicted octanol–water partition coefficient (Wildman–Crippen LogP) is 5.91. The molecule has 0 aliphatic heterocycles. The largest absolute Gasteiger partial charge is 0.439 e. The molecule has 0 fully saturated rings. The highest BCUT2D eigenvalue weighted by molar-refractivity contribution is 9.10. The lowest BCUT2D eigenvalue weighted by Gasteiger charge is -2.09. The van der Waals surface area contributed by atoms with Gasteiger partial charge < -0.3 is 10.1 Å². The molecule has 2 N–H and O–H groups in total. The minimum Gasteiger partial charge on any atom is -0.439 e. The zero-order valence-corrected chi connectivity index (χ0v) is 17.2. The fraction of sp³-hybridized carbons (Fsp3) is 0. The Kier molecular flexibility index (Phi) is 6.51. The second-order valence-electron chi connectivity index (χ2n) is 5.45. The van der Waals surface area contributed by atoms with Crippen LogP contribution in [0.5, 0.6) is 11.6 Å². The van der Waals surface area contributed by atoms with Gasteiger partial charge in [0.05, 0.1) is 27.5 Å². The number of hydrogen-bond acceptors (Lipinski definition) is 4. The summed E-state index contributed by atoms with van der Waals surface area (Å²) in [4.78, 5) is 28.3. The van der Waals surface area contributed by atoms with Crippen molar-refractivity contribution in [2.24, 2.45) is 0 Å². The molecule has 142 valence electrons. The van der Waals surface area contributed by atoms with Crippen LogP contribution in [0.4, 0.5) is 10.5 Å². The summed E-state index contributed by atoms with van der Waals surface area (Å²) < 4.78 is 6.49. The first-order valence-electron chi connectivity index (χ1n) is 7.88. The van der Waals surface area contributed by atoms with E-state index in [-0.39, 0.29) is 15.6 Å². The quantitative estimate of drug-likeness (QED) is 0.486. The van der Waals surface area contributed by atoms with Gasteiger partial charge in [-0.25, -0.2) is 9.78 Å². The number of carbonyl (C=O) groups is 2. The van der Waals surface area contributed by atoms with Crippen molar-refractivity contribution < 1.29 is 14.3 Å². The SMILES string of the molecule is O=C(NC(=O)c1c(Cl)cccc1Cl)Nc1ccc(Oc2cccc(Br)c2)nc1. The molecule has 28 heavy (non-hydrogen) atoms. The van der Waals surface area contributed by atoms with Crippen LogP contribution < -0.4 is 15.4 Å². The summed E-state index contributed by atoms with van der Waals surface area (Å²) in [5.41, 5.74) is 0.397. The summed E-state index contributed by atoms with van der Waals surface area (Å²) >= 11 is 15.3. The Morgan fingerprint density at radius 3 is 2.36 bits per heavy atom. The summed E-state index contributed by atoms with van der Waals surface area (Å²) in [5.74, 6) is 0.251. The number of aromatic nitrogens is 1. The van der Waals surface area contributed by atoms with Crippen LogP contribution in [0.3, 0.4) is 0 Å². The number of anilines is 1. The number of benzene rings is 2. The van der Waals surface area contributed by atoms with Gasteiger partial charge in [-0.3, -0.25) is 10.1 Å². The van der Waals surface area contributed by atoms with Crippen LogP contribution in [-0.4, -0.2) is 16.9 Å². The number of halogens is 3. The molecule has 1 heterocycles. The molecule has 0 atom stereocenters. The lowest BCUT2D eigenvalue weighted by Crippen LogP contribution is -2.34. The summed E-state index contributed by atoms with van der Waals surface area (Å²) in [7, 11) is 0. The maximum atomic E-state index is 12.2. The van der Waals surface area contributed by atoms with Gasteiger partial charge >= 0.3 is 6.03 Å². The molecule has 0 bridgehead atoms. The summed E-state index contributed by atoms with van der Waals surface area (Å²) in [6.07, 6.45) is 1.40. The Bertz CT molecular complexity index is 1010. The summed E-state index contributed by atoms with van der Waals surface area (Å²) in [6.45, 7) is 0. The number of rotatable bonds is 4. The summed E-state index contributed by atoms with van der Waals surface area (Å²) in [5, 5.41) is 4.96. The third-order valence-corrected chi connectivity index (χ3v) is 4.55. The van der Waals surface area contributed by atoms with Crippen molar-refractivity contribution in [2.75, 3.05) is 5.32 Å². The number of nitrogens with zero attached hydrogens (tertiary/aromatic N) is 1. The highest BCUT2D eigenvalue weighted by Gasteiger charge is 2.17. The van der Waals surface area contributed by atoms with Crippen molar-refractivity contribution in [1.82, 2.24) is 10.3 Å². The first-order chi connectivity index (χ1) is 13.4. The molecular weight excluding hydrogens is 469 g/mol. The highest BCUT2D eigenvalue weighted by Crippen LogP contribution is 2.25. The third-order valence-electron chi connectivity index (χ3n) is 3.43. The van der Waals surface area contributed by atoms with E-state index in [2.05, 4.69) is 31.5 Å². The van der Waals surface area contributed by atoms with E-state index in [0.29, 0.717) is 17.3 Å². The van der Waals surface area contributed by atoms with Crippen LogP contribution >= 0.6 is 39.1 Å². The second-order valence-corrected chi connectivity index (χ2v) is 7.18. The van der Waals surface area contributed by atoms with Crippen LogP contribution in [0.1, 0.15) is 10.4 Å². The molecule has 0 aliphatic rings. The molecule has 9 heteroatoms. The minimum atomic E-state index is -0.747. The summed E-state index contributed by atoms with van der Waals surface area (Å²) in [6, 6.07) is 14.3. The van der Waals surface area contributed by atoms with Crippen LogP contribution in [0.2, 0.25) is 10.0 Å². The van der Waals surface area contributed by atoms with Gasteiger partial charge in [-0.05, 0) is 36.4 Å². The van der Waals surface area contributed by atoms with E-state index in [1.54, 1.807) is 30.3 Å². The fourth-order valence-electron chi connectivity index (χ4n) is 2.21. The highest BCUT2D eigenvalue weighted by atomic mass is 79.9. The van der Waals surface area contributed by atoms with E-state index in [1.165, 1.54) is 18.3 Å². The zero-order valence-electron chi connectivity index (χ0n) is 14.1. The first-order valence-corrected chi connectivity index (χ1v) is 9.43. The average molecular weight is 481 g/mol. The Hall–Kier alpha value is -2.61. The van der Waals surface area contributed by atoms with Crippen molar-refractivity contribution in [2.45, 2.75) is 0 Å². The Morgan fingerprint density at radius 1 is 1.00 bits per heavy atom. The van der Waals surface area contributed by atoms with Gasteiger partial charge in [0, 0.05) is 10.5 Å². The molecule has 6 nitrogen and oxygen atoms in total. The lowest BCUT2D eigenvalue weighted by atomic mass is 10.2. The molecule has 1 aromatic heterocycles. The molecule has 0 spiro atoms. The first kappa shape index (κ1) is 20.1. The van der Waals surface area contributed by atoms with Crippen molar-refractivity contribution in [1.29, 1.82) is 0 Å². The van der Waals surface area contributed by atoms with Gasteiger partial charge in [0.25, 0.3) is 5.91 Å². The average Bonchev–Trinajstić information content (AvgIpc) is 2.63. The second kappa shape index (κ2) is 9.05. The predicted molar refractivity (Wildman–Crippen MR) is 111 cm³/mol. The number of nitrogens with one attached hydrogen (secondary N) is 2. The number of ether oxygens (including phenoxy) is 1. The van der Waals surface area contributed by atoms with Gasteiger partial charge in [-0.2, -0.15) is 0 Å². The number of urea groups is 1. The molecule has 2 aromatic carbocycles. The number of amides is 3.